The van der Waals surface area contributed by atoms with Gasteiger partial charge in [0, 0.05) is 5.69 Å². The second-order valence-electron chi connectivity index (χ2n) is 7.06. The molecule has 0 spiro atoms. The third-order valence-corrected chi connectivity index (χ3v) is 4.92. The maximum absolute atomic E-state index is 13.5. The number of aromatic nitrogens is 3. The summed E-state index contributed by atoms with van der Waals surface area (Å²) < 4.78 is 7.68. The van der Waals surface area contributed by atoms with Crippen molar-refractivity contribution in [3.8, 4) is 5.69 Å². The average molecular weight is 415 g/mol. The van der Waals surface area contributed by atoms with Gasteiger partial charge in [-0.15, -0.1) is 0 Å². The molecule has 0 atom stereocenters. The van der Waals surface area contributed by atoms with Crippen LogP contribution in [0.2, 0.25) is 0 Å². The summed E-state index contributed by atoms with van der Waals surface area (Å²) in [4.78, 5) is 44.1. The van der Waals surface area contributed by atoms with Crippen LogP contribution in [0.15, 0.2) is 76.3 Å². The molecule has 31 heavy (non-hydrogen) atoms. The van der Waals surface area contributed by atoms with Gasteiger partial charge in [-0.05, 0) is 37.6 Å². The molecule has 0 saturated carbocycles. The number of rotatable bonds is 5. The summed E-state index contributed by atoms with van der Waals surface area (Å²) in [5, 5.41) is 0.0587. The number of benzene rings is 2. The van der Waals surface area contributed by atoms with Gasteiger partial charge in [0.25, 0.3) is 5.56 Å². The summed E-state index contributed by atoms with van der Waals surface area (Å²) >= 11 is 0. The SMILES string of the molecule is CCOC(=O)c1cc(C)nc2c1c(=O)n(-c1ccccc1)c(=O)n2Cc1ccccc1. The molecule has 0 bridgehead atoms. The molecule has 4 rings (SSSR count). The summed E-state index contributed by atoms with van der Waals surface area (Å²) in [5.74, 6) is -0.625. The van der Waals surface area contributed by atoms with Gasteiger partial charge in [-0.25, -0.2) is 19.1 Å². The van der Waals surface area contributed by atoms with Crippen molar-refractivity contribution in [2.24, 2.45) is 0 Å². The fourth-order valence-electron chi connectivity index (χ4n) is 3.56. The minimum absolute atomic E-state index is 0.0587. The van der Waals surface area contributed by atoms with Gasteiger partial charge < -0.3 is 4.74 Å². The Labute approximate surface area is 178 Å². The molecule has 7 nitrogen and oxygen atoms in total. The number of hydrogen-bond donors (Lipinski definition) is 0. The van der Waals surface area contributed by atoms with Gasteiger partial charge >= 0.3 is 11.7 Å². The summed E-state index contributed by atoms with van der Waals surface area (Å²) in [6.07, 6.45) is 0. The molecule has 0 amide bonds. The molecule has 0 radical (unpaired) electrons. The second-order valence-corrected chi connectivity index (χ2v) is 7.06. The number of carbonyl (C=O) groups is 1. The first-order valence-corrected chi connectivity index (χ1v) is 9.95. The van der Waals surface area contributed by atoms with Gasteiger partial charge in [-0.1, -0.05) is 48.5 Å². The molecule has 156 valence electrons. The van der Waals surface area contributed by atoms with E-state index in [2.05, 4.69) is 4.98 Å². The van der Waals surface area contributed by atoms with Crippen LogP contribution in [0, 0.1) is 6.92 Å². The molecule has 0 aliphatic carbocycles. The van der Waals surface area contributed by atoms with E-state index in [-0.39, 0.29) is 29.7 Å². The van der Waals surface area contributed by atoms with Crippen LogP contribution < -0.4 is 11.2 Å². The molecule has 0 saturated heterocycles. The standard InChI is InChI=1S/C24H21N3O4/c1-3-31-23(29)19-14-16(2)25-21-20(19)22(28)27(18-12-8-5-9-13-18)24(30)26(21)15-17-10-6-4-7-11-17/h4-14H,3,15H2,1-2H3. The lowest BCUT2D eigenvalue weighted by atomic mass is 10.1. The van der Waals surface area contributed by atoms with Crippen molar-refractivity contribution in [3.05, 3.63) is 104 Å². The van der Waals surface area contributed by atoms with Gasteiger partial charge in [0.05, 0.1) is 29.8 Å². The Bertz CT molecular complexity index is 1370. The van der Waals surface area contributed by atoms with Crippen LogP contribution in [0.4, 0.5) is 0 Å². The van der Waals surface area contributed by atoms with Gasteiger partial charge in [0.2, 0.25) is 0 Å². The van der Waals surface area contributed by atoms with E-state index in [0.29, 0.717) is 11.4 Å². The second kappa shape index (κ2) is 8.39. The van der Waals surface area contributed by atoms with Crippen LogP contribution in [0.25, 0.3) is 16.7 Å². The molecule has 0 N–H and O–H groups in total. The molecule has 2 aromatic carbocycles. The maximum Gasteiger partial charge on any atom is 0.339 e. The molecule has 2 heterocycles. The van der Waals surface area contributed by atoms with Crippen molar-refractivity contribution < 1.29 is 9.53 Å². The molecular formula is C24H21N3O4. The van der Waals surface area contributed by atoms with Crippen molar-refractivity contribution in [1.29, 1.82) is 0 Å². The largest absolute Gasteiger partial charge is 0.462 e. The van der Waals surface area contributed by atoms with Crippen molar-refractivity contribution in [3.63, 3.8) is 0 Å². The summed E-state index contributed by atoms with van der Waals surface area (Å²) in [6.45, 7) is 3.77. The fraction of sp³-hybridized carbons (Fsp3) is 0.167. The van der Waals surface area contributed by atoms with Crippen molar-refractivity contribution in [2.75, 3.05) is 6.61 Å². The molecule has 0 unspecified atom stereocenters. The summed E-state index contributed by atoms with van der Waals surface area (Å²) in [7, 11) is 0. The first kappa shape index (κ1) is 20.3. The molecule has 0 fully saturated rings. The highest BCUT2D eigenvalue weighted by Crippen LogP contribution is 2.17. The number of pyridine rings is 1. The Morgan fingerprint density at radius 3 is 2.29 bits per heavy atom. The molecule has 0 aliphatic rings. The van der Waals surface area contributed by atoms with Gasteiger partial charge in [-0.3, -0.25) is 9.36 Å². The Balaban J connectivity index is 2.13. The molecular weight excluding hydrogens is 394 g/mol. The lowest BCUT2D eigenvalue weighted by molar-refractivity contribution is 0.0528. The normalized spacial score (nSPS) is 10.9. The lowest BCUT2D eigenvalue weighted by Crippen LogP contribution is -2.40. The van der Waals surface area contributed by atoms with Crippen LogP contribution in [0.1, 0.15) is 28.5 Å². The Morgan fingerprint density at radius 1 is 1.00 bits per heavy atom. The predicted molar refractivity (Wildman–Crippen MR) is 118 cm³/mol. The van der Waals surface area contributed by atoms with Crippen LogP contribution in [-0.4, -0.2) is 26.7 Å². The smallest absolute Gasteiger partial charge is 0.339 e. The third-order valence-electron chi connectivity index (χ3n) is 4.92. The third kappa shape index (κ3) is 3.77. The first-order valence-electron chi connectivity index (χ1n) is 9.95. The number of aryl methyl sites for hydroxylation is 1. The maximum atomic E-state index is 13.5. The van der Waals surface area contributed by atoms with E-state index in [4.69, 9.17) is 4.74 Å². The number of carbonyl (C=O) groups excluding carboxylic acids is 1. The Kier molecular flexibility index (Phi) is 5.49. The van der Waals surface area contributed by atoms with Crippen molar-refractivity contribution in [2.45, 2.75) is 20.4 Å². The molecule has 7 heteroatoms. The van der Waals surface area contributed by atoms with E-state index in [9.17, 15) is 14.4 Å². The summed E-state index contributed by atoms with van der Waals surface area (Å²) in [6, 6.07) is 19.6. The summed E-state index contributed by atoms with van der Waals surface area (Å²) in [5.41, 5.74) is 0.914. The monoisotopic (exact) mass is 415 g/mol. The lowest BCUT2D eigenvalue weighted by Gasteiger charge is -2.16. The quantitative estimate of drug-likeness (QED) is 0.468. The zero-order valence-corrected chi connectivity index (χ0v) is 17.2. The van der Waals surface area contributed by atoms with Crippen molar-refractivity contribution in [1.82, 2.24) is 14.1 Å². The van der Waals surface area contributed by atoms with Crippen LogP contribution in [-0.2, 0) is 11.3 Å². The number of hydrogen-bond acceptors (Lipinski definition) is 5. The van der Waals surface area contributed by atoms with E-state index in [1.165, 1.54) is 10.6 Å². The fourth-order valence-corrected chi connectivity index (χ4v) is 3.56. The van der Waals surface area contributed by atoms with E-state index >= 15 is 0 Å². The molecule has 2 aromatic heterocycles. The number of ether oxygens (including phenoxy) is 1. The Morgan fingerprint density at radius 2 is 1.65 bits per heavy atom. The minimum Gasteiger partial charge on any atom is -0.462 e. The number of fused-ring (bicyclic) bond motifs is 1. The van der Waals surface area contributed by atoms with Crippen molar-refractivity contribution >= 4 is 17.0 Å². The van der Waals surface area contributed by atoms with Gasteiger partial charge in [-0.2, -0.15) is 0 Å². The highest BCUT2D eigenvalue weighted by atomic mass is 16.5. The number of esters is 1. The van der Waals surface area contributed by atoms with Gasteiger partial charge in [0.1, 0.15) is 0 Å². The number of para-hydroxylation sites is 1. The highest BCUT2D eigenvalue weighted by molar-refractivity contribution is 6.02. The van der Waals surface area contributed by atoms with E-state index in [1.807, 2.05) is 30.3 Å². The zero-order chi connectivity index (χ0) is 22.0. The first-order chi connectivity index (χ1) is 15.0. The number of nitrogens with zero attached hydrogens (tertiary/aromatic N) is 3. The van der Waals surface area contributed by atoms with Crippen LogP contribution in [0.5, 0.6) is 0 Å². The topological polar surface area (TPSA) is 83.2 Å². The van der Waals surface area contributed by atoms with Crippen LogP contribution >= 0.6 is 0 Å². The predicted octanol–water partition coefficient (Wildman–Crippen LogP) is 3.08. The molecule has 4 aromatic rings. The van der Waals surface area contributed by atoms with E-state index < -0.39 is 17.2 Å². The minimum atomic E-state index is -0.625. The zero-order valence-electron chi connectivity index (χ0n) is 17.2. The van der Waals surface area contributed by atoms with E-state index in [1.54, 1.807) is 44.2 Å². The van der Waals surface area contributed by atoms with Crippen LogP contribution in [0.3, 0.4) is 0 Å². The molecule has 0 aliphatic heterocycles. The Hall–Kier alpha value is -4.00. The van der Waals surface area contributed by atoms with E-state index in [0.717, 1.165) is 10.1 Å². The van der Waals surface area contributed by atoms with Gasteiger partial charge in [0.15, 0.2) is 5.65 Å². The average Bonchev–Trinajstić information content (AvgIpc) is 2.77. The highest BCUT2D eigenvalue weighted by Gasteiger charge is 2.23.